The molecule has 1 aromatic heterocycles. The molecule has 0 unspecified atom stereocenters. The van der Waals surface area contributed by atoms with Crippen LogP contribution in [0.3, 0.4) is 0 Å². The minimum atomic E-state index is -0.191. The Morgan fingerprint density at radius 2 is 2.33 bits per heavy atom. The van der Waals surface area contributed by atoms with Gasteiger partial charge >= 0.3 is 0 Å². The number of ether oxygens (including phenoxy) is 1. The molecule has 5 heteroatoms. The van der Waals surface area contributed by atoms with Gasteiger partial charge in [0.15, 0.2) is 0 Å². The Labute approximate surface area is 89.1 Å². The third-order valence-corrected chi connectivity index (χ3v) is 1.97. The molecule has 0 saturated heterocycles. The first-order chi connectivity index (χ1) is 7.09. The van der Waals surface area contributed by atoms with Gasteiger partial charge in [-0.15, -0.1) is 0 Å². The molecule has 15 heavy (non-hydrogen) atoms. The molecule has 0 saturated carbocycles. The first-order valence-electron chi connectivity index (χ1n) is 4.97. The third-order valence-electron chi connectivity index (χ3n) is 1.97. The summed E-state index contributed by atoms with van der Waals surface area (Å²) < 4.78 is 5.42. The average Bonchev–Trinajstić information content (AvgIpc) is 2.17. The summed E-state index contributed by atoms with van der Waals surface area (Å²) in [5, 5.41) is 6.07. The number of nitrogens with one attached hydrogen (secondary N) is 1. The Morgan fingerprint density at radius 3 is 2.93 bits per heavy atom. The highest BCUT2D eigenvalue weighted by atomic mass is 16.5. The molecule has 0 atom stereocenters. The lowest BCUT2D eigenvalue weighted by atomic mass is 10.4. The number of rotatable bonds is 5. The minimum absolute atomic E-state index is 0.191. The molecule has 0 fully saturated rings. The van der Waals surface area contributed by atoms with E-state index in [-0.39, 0.29) is 11.7 Å². The molecule has 0 aromatic carbocycles. The molecule has 0 amide bonds. The van der Waals surface area contributed by atoms with Crippen LogP contribution in [0.1, 0.15) is 13.8 Å². The summed E-state index contributed by atoms with van der Waals surface area (Å²) in [4.78, 5) is 12.9. The second-order valence-electron chi connectivity index (χ2n) is 3.64. The Bertz CT molecular complexity index is 349. The molecule has 84 valence electrons. The number of H-pyrrole nitrogens is 1. The lowest BCUT2D eigenvalue weighted by Gasteiger charge is -2.18. The highest BCUT2D eigenvalue weighted by Crippen LogP contribution is 2.05. The molecule has 0 spiro atoms. The predicted molar refractivity (Wildman–Crippen MR) is 59.2 cm³/mol. The number of aromatic amines is 1. The SMILES string of the molecule is CC(C)OCCN(C)c1cn[nH]c(=O)c1. The molecule has 0 aliphatic heterocycles. The topological polar surface area (TPSA) is 58.2 Å². The van der Waals surface area contributed by atoms with Crippen molar-refractivity contribution in [2.75, 3.05) is 25.1 Å². The highest BCUT2D eigenvalue weighted by Gasteiger charge is 2.02. The Kier molecular flexibility index (Phi) is 4.30. The van der Waals surface area contributed by atoms with Gasteiger partial charge in [0.1, 0.15) is 0 Å². The molecular formula is C10H17N3O2. The van der Waals surface area contributed by atoms with Crippen LogP contribution >= 0.6 is 0 Å². The highest BCUT2D eigenvalue weighted by molar-refractivity contribution is 5.41. The summed E-state index contributed by atoms with van der Waals surface area (Å²) in [6.07, 6.45) is 1.85. The average molecular weight is 211 g/mol. The van der Waals surface area contributed by atoms with Gasteiger partial charge in [-0.1, -0.05) is 0 Å². The maximum Gasteiger partial charge on any atom is 0.266 e. The zero-order valence-electron chi connectivity index (χ0n) is 9.36. The second-order valence-corrected chi connectivity index (χ2v) is 3.64. The molecule has 1 aromatic rings. The van der Waals surface area contributed by atoms with Crippen molar-refractivity contribution in [3.05, 3.63) is 22.6 Å². The molecule has 0 aliphatic rings. The van der Waals surface area contributed by atoms with Crippen LogP contribution in [-0.4, -0.2) is 36.5 Å². The summed E-state index contributed by atoms with van der Waals surface area (Å²) in [5.41, 5.74) is 0.607. The Hall–Kier alpha value is -1.36. The number of likely N-dealkylation sites (N-methyl/N-ethyl adjacent to an activating group) is 1. The maximum atomic E-state index is 11.0. The molecular weight excluding hydrogens is 194 g/mol. The van der Waals surface area contributed by atoms with Crippen LogP contribution in [0.5, 0.6) is 0 Å². The van der Waals surface area contributed by atoms with E-state index < -0.39 is 0 Å². The van der Waals surface area contributed by atoms with E-state index in [0.717, 1.165) is 12.2 Å². The number of hydrogen-bond donors (Lipinski definition) is 1. The number of anilines is 1. The molecule has 0 aliphatic carbocycles. The van der Waals surface area contributed by atoms with Crippen LogP contribution in [0, 0.1) is 0 Å². The van der Waals surface area contributed by atoms with Crippen molar-refractivity contribution >= 4 is 5.69 Å². The molecule has 1 N–H and O–H groups in total. The van der Waals surface area contributed by atoms with Gasteiger partial charge in [0.2, 0.25) is 0 Å². The normalized spacial score (nSPS) is 10.7. The monoisotopic (exact) mass is 211 g/mol. The van der Waals surface area contributed by atoms with E-state index in [1.807, 2.05) is 25.8 Å². The van der Waals surface area contributed by atoms with Crippen LogP contribution in [0.25, 0.3) is 0 Å². The van der Waals surface area contributed by atoms with E-state index in [9.17, 15) is 4.79 Å². The van der Waals surface area contributed by atoms with Crippen molar-refractivity contribution in [2.45, 2.75) is 20.0 Å². The zero-order chi connectivity index (χ0) is 11.3. The van der Waals surface area contributed by atoms with Crippen LogP contribution in [0.2, 0.25) is 0 Å². The van der Waals surface area contributed by atoms with Crippen molar-refractivity contribution < 1.29 is 4.74 Å². The van der Waals surface area contributed by atoms with Crippen molar-refractivity contribution in [3.8, 4) is 0 Å². The molecule has 1 rings (SSSR count). The zero-order valence-corrected chi connectivity index (χ0v) is 9.36. The van der Waals surface area contributed by atoms with E-state index in [4.69, 9.17) is 4.74 Å². The van der Waals surface area contributed by atoms with Crippen molar-refractivity contribution in [2.24, 2.45) is 0 Å². The standard InChI is InChI=1S/C10H17N3O2/c1-8(2)15-5-4-13(3)9-6-10(14)12-11-7-9/h6-8H,4-5H2,1-3H3,(H,12,14). The van der Waals surface area contributed by atoms with E-state index in [2.05, 4.69) is 10.2 Å². The van der Waals surface area contributed by atoms with Gasteiger partial charge in [-0.2, -0.15) is 5.10 Å². The molecule has 1 heterocycles. The van der Waals surface area contributed by atoms with Gasteiger partial charge in [0.05, 0.1) is 24.6 Å². The van der Waals surface area contributed by atoms with Gasteiger partial charge < -0.3 is 9.64 Å². The lowest BCUT2D eigenvalue weighted by Crippen LogP contribution is -2.25. The van der Waals surface area contributed by atoms with Crippen molar-refractivity contribution in [3.63, 3.8) is 0 Å². The van der Waals surface area contributed by atoms with E-state index in [1.165, 1.54) is 6.07 Å². The summed E-state index contributed by atoms with van der Waals surface area (Å²) in [6, 6.07) is 1.52. The van der Waals surface area contributed by atoms with Gasteiger partial charge in [-0.25, -0.2) is 5.10 Å². The third kappa shape index (κ3) is 4.12. The Balaban J connectivity index is 2.46. The fraction of sp³-hybridized carbons (Fsp3) is 0.600. The van der Waals surface area contributed by atoms with E-state index >= 15 is 0 Å². The lowest BCUT2D eigenvalue weighted by molar-refractivity contribution is 0.0846. The largest absolute Gasteiger partial charge is 0.377 e. The van der Waals surface area contributed by atoms with Crippen molar-refractivity contribution in [1.29, 1.82) is 0 Å². The van der Waals surface area contributed by atoms with Crippen LogP contribution in [-0.2, 0) is 4.74 Å². The van der Waals surface area contributed by atoms with E-state index in [0.29, 0.717) is 6.61 Å². The van der Waals surface area contributed by atoms with Gasteiger partial charge in [-0.05, 0) is 13.8 Å². The van der Waals surface area contributed by atoms with Gasteiger partial charge in [0.25, 0.3) is 5.56 Å². The second kappa shape index (κ2) is 5.50. The summed E-state index contributed by atoms with van der Waals surface area (Å²) >= 11 is 0. The number of hydrogen-bond acceptors (Lipinski definition) is 4. The molecule has 0 radical (unpaired) electrons. The molecule has 5 nitrogen and oxygen atoms in total. The van der Waals surface area contributed by atoms with Crippen LogP contribution in [0.15, 0.2) is 17.1 Å². The Morgan fingerprint density at radius 1 is 1.60 bits per heavy atom. The molecule has 0 bridgehead atoms. The summed E-state index contributed by atoms with van der Waals surface area (Å²) in [6.45, 7) is 5.37. The maximum absolute atomic E-state index is 11.0. The van der Waals surface area contributed by atoms with Gasteiger partial charge in [0, 0.05) is 19.7 Å². The van der Waals surface area contributed by atoms with Crippen LogP contribution in [0.4, 0.5) is 5.69 Å². The summed E-state index contributed by atoms with van der Waals surface area (Å²) in [7, 11) is 1.90. The first kappa shape index (κ1) is 11.7. The van der Waals surface area contributed by atoms with E-state index in [1.54, 1.807) is 6.20 Å². The number of nitrogens with zero attached hydrogens (tertiary/aromatic N) is 2. The van der Waals surface area contributed by atoms with Crippen molar-refractivity contribution in [1.82, 2.24) is 10.2 Å². The first-order valence-corrected chi connectivity index (χ1v) is 4.97. The fourth-order valence-corrected chi connectivity index (χ4v) is 1.13. The minimum Gasteiger partial charge on any atom is -0.377 e. The number of aromatic nitrogens is 2. The smallest absolute Gasteiger partial charge is 0.266 e. The summed E-state index contributed by atoms with van der Waals surface area (Å²) in [5.74, 6) is 0. The fourth-order valence-electron chi connectivity index (χ4n) is 1.13. The van der Waals surface area contributed by atoms with Crippen LogP contribution < -0.4 is 10.5 Å². The van der Waals surface area contributed by atoms with Gasteiger partial charge in [-0.3, -0.25) is 4.79 Å². The quantitative estimate of drug-likeness (QED) is 0.776. The predicted octanol–water partition coefficient (Wildman–Crippen LogP) is 0.631.